The second-order valence-electron chi connectivity index (χ2n) is 8.44. The van der Waals surface area contributed by atoms with Gasteiger partial charge in [0.05, 0.1) is 31.8 Å². The van der Waals surface area contributed by atoms with Crippen molar-refractivity contribution in [3.63, 3.8) is 0 Å². The van der Waals surface area contributed by atoms with Gasteiger partial charge in [0.25, 0.3) is 5.91 Å². The zero-order valence-electron chi connectivity index (χ0n) is 18.1. The fraction of sp³-hybridized carbons (Fsp3) is 0.565. The molecule has 162 valence electrons. The number of para-hydroxylation sites is 1. The molecule has 30 heavy (non-hydrogen) atoms. The Morgan fingerprint density at radius 1 is 1.13 bits per heavy atom. The summed E-state index contributed by atoms with van der Waals surface area (Å²) in [5.74, 6) is 1.02. The van der Waals surface area contributed by atoms with Crippen molar-refractivity contribution in [2.75, 3.05) is 41.4 Å². The van der Waals surface area contributed by atoms with Gasteiger partial charge in [0.2, 0.25) is 0 Å². The second-order valence-corrected chi connectivity index (χ2v) is 8.44. The van der Waals surface area contributed by atoms with E-state index in [0.717, 1.165) is 31.2 Å². The van der Waals surface area contributed by atoms with Gasteiger partial charge in [0, 0.05) is 18.7 Å². The molecule has 1 aromatic rings. The minimum atomic E-state index is -0.534. The van der Waals surface area contributed by atoms with Gasteiger partial charge in [-0.25, -0.2) is 0 Å². The highest BCUT2D eigenvalue weighted by Gasteiger charge is 2.52. The van der Waals surface area contributed by atoms with Crippen LogP contribution >= 0.6 is 0 Å². The van der Waals surface area contributed by atoms with Crippen molar-refractivity contribution in [1.29, 1.82) is 0 Å². The first-order chi connectivity index (χ1) is 14.5. The smallest absolute Gasteiger partial charge is 0.290 e. The van der Waals surface area contributed by atoms with Crippen LogP contribution in [0.4, 0.5) is 0 Å². The van der Waals surface area contributed by atoms with Crippen molar-refractivity contribution in [2.24, 2.45) is 5.92 Å². The molecular weight excluding hydrogens is 384 g/mol. The van der Waals surface area contributed by atoms with Crippen LogP contribution in [0, 0.1) is 5.92 Å². The molecule has 3 aliphatic rings. The summed E-state index contributed by atoms with van der Waals surface area (Å²) in [5.41, 5.74) is 1.23. The van der Waals surface area contributed by atoms with Crippen LogP contribution in [0.5, 0.6) is 11.5 Å². The Kier molecular flexibility index (Phi) is 5.73. The lowest BCUT2D eigenvalue weighted by Gasteiger charge is -2.35. The average molecular weight is 415 g/mol. The van der Waals surface area contributed by atoms with Gasteiger partial charge in [0.15, 0.2) is 23.0 Å². The standard InChI is InChI=1S/C23H30N2O5/c1-24(2)12-13-25-19(15-9-7-11-17(28-3)21(15)29-4)18-20(26)14-8-5-6-10-16(14)30-22(18)23(25)27/h7,9,11,14,16,19H,5-6,8,10,12-13H2,1-4H3. The molecule has 0 aromatic heterocycles. The number of amides is 1. The number of hydrogen-bond acceptors (Lipinski definition) is 6. The summed E-state index contributed by atoms with van der Waals surface area (Å²) >= 11 is 0. The third kappa shape index (κ3) is 3.35. The molecule has 0 radical (unpaired) electrons. The molecule has 0 bridgehead atoms. The number of fused-ring (bicyclic) bond motifs is 1. The molecule has 3 unspecified atom stereocenters. The number of Topliss-reactive ketones (excluding diaryl/α,β-unsaturated/α-hetero) is 1. The molecule has 7 nitrogen and oxygen atoms in total. The van der Waals surface area contributed by atoms with Crippen molar-refractivity contribution in [3.8, 4) is 11.5 Å². The number of methoxy groups -OCH3 is 2. The van der Waals surface area contributed by atoms with E-state index < -0.39 is 6.04 Å². The minimum Gasteiger partial charge on any atom is -0.493 e. The van der Waals surface area contributed by atoms with E-state index in [-0.39, 0.29) is 29.5 Å². The van der Waals surface area contributed by atoms with E-state index in [0.29, 0.717) is 30.2 Å². The van der Waals surface area contributed by atoms with Crippen molar-refractivity contribution in [3.05, 3.63) is 35.1 Å². The highest BCUT2D eigenvalue weighted by molar-refractivity contribution is 6.11. The maximum absolute atomic E-state index is 13.6. The van der Waals surface area contributed by atoms with E-state index in [1.165, 1.54) is 0 Å². The molecular formula is C23H30N2O5. The van der Waals surface area contributed by atoms with Gasteiger partial charge in [-0.05, 0) is 39.4 Å². The second kappa shape index (κ2) is 8.30. The number of nitrogens with zero attached hydrogens (tertiary/aromatic N) is 2. The highest BCUT2D eigenvalue weighted by Crippen LogP contribution is 2.49. The predicted molar refractivity (Wildman–Crippen MR) is 111 cm³/mol. The molecule has 1 aliphatic carbocycles. The number of carbonyl (C=O) groups is 2. The van der Waals surface area contributed by atoms with E-state index in [9.17, 15) is 9.59 Å². The van der Waals surface area contributed by atoms with Crippen molar-refractivity contribution in [1.82, 2.24) is 9.80 Å². The number of hydrogen-bond donors (Lipinski definition) is 0. The van der Waals surface area contributed by atoms with Crippen LogP contribution in [0.1, 0.15) is 37.3 Å². The van der Waals surface area contributed by atoms with Gasteiger partial charge < -0.3 is 24.0 Å². The fourth-order valence-corrected chi connectivity index (χ4v) is 4.88. The van der Waals surface area contributed by atoms with Gasteiger partial charge >= 0.3 is 0 Å². The fourth-order valence-electron chi connectivity index (χ4n) is 4.88. The van der Waals surface area contributed by atoms with Crippen LogP contribution in [0.15, 0.2) is 29.5 Å². The Hall–Kier alpha value is -2.54. The van der Waals surface area contributed by atoms with Crippen molar-refractivity contribution < 1.29 is 23.8 Å². The summed E-state index contributed by atoms with van der Waals surface area (Å²) in [4.78, 5) is 30.8. The number of ketones is 1. The molecule has 4 rings (SSSR count). The lowest BCUT2D eigenvalue weighted by Crippen LogP contribution is -2.39. The zero-order valence-corrected chi connectivity index (χ0v) is 18.1. The van der Waals surface area contributed by atoms with Crippen molar-refractivity contribution in [2.45, 2.75) is 37.8 Å². The molecule has 1 amide bonds. The summed E-state index contributed by atoms with van der Waals surface area (Å²) in [6, 6.07) is 5.04. The molecule has 1 fully saturated rings. The summed E-state index contributed by atoms with van der Waals surface area (Å²) in [6.07, 6.45) is 3.50. The maximum Gasteiger partial charge on any atom is 0.290 e. The topological polar surface area (TPSA) is 68.3 Å². The van der Waals surface area contributed by atoms with Gasteiger partial charge in [-0.2, -0.15) is 0 Å². The Morgan fingerprint density at radius 3 is 2.60 bits per heavy atom. The van der Waals surface area contributed by atoms with Crippen LogP contribution < -0.4 is 9.47 Å². The normalized spacial score (nSPS) is 25.9. The molecule has 1 saturated carbocycles. The monoisotopic (exact) mass is 414 g/mol. The third-order valence-corrected chi connectivity index (χ3v) is 6.37. The molecule has 7 heteroatoms. The van der Waals surface area contributed by atoms with E-state index in [2.05, 4.69) is 0 Å². The van der Waals surface area contributed by atoms with Crippen LogP contribution in [-0.4, -0.2) is 69.0 Å². The number of likely N-dealkylation sites (N-methyl/N-ethyl adjacent to an activating group) is 1. The largest absolute Gasteiger partial charge is 0.493 e. The molecule has 3 atom stereocenters. The number of rotatable bonds is 6. The molecule has 1 aromatic carbocycles. The first-order valence-electron chi connectivity index (χ1n) is 10.6. The van der Waals surface area contributed by atoms with Gasteiger partial charge in [-0.1, -0.05) is 18.6 Å². The lowest BCUT2D eigenvalue weighted by atomic mass is 9.77. The summed E-state index contributed by atoms with van der Waals surface area (Å²) in [5, 5.41) is 0. The van der Waals surface area contributed by atoms with Crippen LogP contribution in [0.25, 0.3) is 0 Å². The first-order valence-corrected chi connectivity index (χ1v) is 10.6. The first kappa shape index (κ1) is 20.7. The third-order valence-electron chi connectivity index (χ3n) is 6.37. The van der Waals surface area contributed by atoms with E-state index >= 15 is 0 Å². The maximum atomic E-state index is 13.6. The highest BCUT2D eigenvalue weighted by atomic mass is 16.5. The molecule has 0 spiro atoms. The van der Waals surface area contributed by atoms with Gasteiger partial charge in [-0.15, -0.1) is 0 Å². The predicted octanol–water partition coefficient (Wildman–Crippen LogP) is 2.56. The number of carbonyl (C=O) groups excluding carboxylic acids is 2. The van der Waals surface area contributed by atoms with E-state index in [1.807, 2.05) is 37.2 Å². The van der Waals surface area contributed by atoms with Crippen LogP contribution in [0.3, 0.4) is 0 Å². The van der Waals surface area contributed by atoms with Crippen LogP contribution in [0.2, 0.25) is 0 Å². The van der Waals surface area contributed by atoms with Gasteiger partial charge in [0.1, 0.15) is 6.10 Å². The average Bonchev–Trinajstić information content (AvgIpc) is 3.03. The SMILES string of the molecule is COc1cccc(C2C3=C(OC4CCCCC4C3=O)C(=O)N2CCN(C)C)c1OC. The molecule has 2 aliphatic heterocycles. The Morgan fingerprint density at radius 2 is 1.90 bits per heavy atom. The Labute approximate surface area is 177 Å². The van der Waals surface area contributed by atoms with E-state index in [4.69, 9.17) is 14.2 Å². The van der Waals surface area contributed by atoms with Gasteiger partial charge in [-0.3, -0.25) is 9.59 Å². The lowest BCUT2D eigenvalue weighted by molar-refractivity contribution is -0.135. The summed E-state index contributed by atoms with van der Waals surface area (Å²) in [6.45, 7) is 1.16. The Balaban J connectivity index is 1.83. The van der Waals surface area contributed by atoms with Crippen LogP contribution in [-0.2, 0) is 14.3 Å². The zero-order chi connectivity index (χ0) is 21.4. The summed E-state index contributed by atoms with van der Waals surface area (Å²) in [7, 11) is 7.09. The van der Waals surface area contributed by atoms with E-state index in [1.54, 1.807) is 19.1 Å². The van der Waals surface area contributed by atoms with Crippen molar-refractivity contribution >= 4 is 11.7 Å². The quantitative estimate of drug-likeness (QED) is 0.713. The molecule has 0 N–H and O–H groups in total. The molecule has 2 heterocycles. The number of ether oxygens (including phenoxy) is 3. The Bertz CT molecular complexity index is 878. The molecule has 0 saturated heterocycles. The number of benzene rings is 1. The summed E-state index contributed by atoms with van der Waals surface area (Å²) < 4.78 is 17.3. The minimum absolute atomic E-state index is 0.0523.